The molecule has 0 N–H and O–H groups in total. The number of ether oxygens (including phenoxy) is 3. The average Bonchev–Trinajstić information content (AvgIpc) is 2.57. The number of carbonyl (C=O) groups excluding carboxylic acids is 2. The van der Waals surface area contributed by atoms with Crippen molar-refractivity contribution in [1.82, 2.24) is 0 Å². The van der Waals surface area contributed by atoms with E-state index in [4.69, 9.17) is 13.9 Å². The van der Waals surface area contributed by atoms with Crippen molar-refractivity contribution in [3.8, 4) is 5.75 Å². The van der Waals surface area contributed by atoms with E-state index >= 15 is 0 Å². The molecule has 0 amide bonds. The van der Waals surface area contributed by atoms with Crippen LogP contribution in [-0.2, 0) is 25.5 Å². The Bertz CT molecular complexity index is 893. The van der Waals surface area contributed by atoms with Gasteiger partial charge in [0.25, 0.3) is 0 Å². The van der Waals surface area contributed by atoms with Gasteiger partial charge in [-0.3, -0.25) is 4.79 Å². The molecule has 26 heavy (non-hydrogen) atoms. The molecule has 0 saturated heterocycles. The van der Waals surface area contributed by atoms with Gasteiger partial charge in [-0.2, -0.15) is 0 Å². The highest BCUT2D eigenvalue weighted by atomic mass is 16.6. The lowest BCUT2D eigenvalue weighted by Gasteiger charge is -2.13. The van der Waals surface area contributed by atoms with E-state index in [2.05, 4.69) is 4.74 Å². The van der Waals surface area contributed by atoms with E-state index in [0.29, 0.717) is 27.8 Å². The summed E-state index contributed by atoms with van der Waals surface area (Å²) in [7, 11) is 1.26. The molecule has 1 aromatic heterocycles. The van der Waals surface area contributed by atoms with Gasteiger partial charge in [0, 0.05) is 10.9 Å². The lowest BCUT2D eigenvalue weighted by Crippen LogP contribution is -2.19. The first-order valence-electron chi connectivity index (χ1n) is 8.19. The molecule has 2 rings (SSSR count). The molecule has 0 aliphatic rings. The second-order valence-corrected chi connectivity index (χ2v) is 6.14. The number of aryl methyl sites for hydroxylation is 2. The molecule has 2 aromatic rings. The molecule has 1 aromatic carbocycles. The van der Waals surface area contributed by atoms with Crippen molar-refractivity contribution >= 4 is 22.9 Å². The summed E-state index contributed by atoms with van der Waals surface area (Å²) in [5.74, 6) is -0.577. The van der Waals surface area contributed by atoms with Crippen LogP contribution in [0.4, 0.5) is 0 Å². The number of hydrogen-bond donors (Lipinski definition) is 0. The number of benzene rings is 1. The molecular formula is C19H22O7. The van der Waals surface area contributed by atoms with Crippen LogP contribution >= 0.6 is 0 Å². The zero-order chi connectivity index (χ0) is 19.4. The SMILES string of the molecule is COC(=O)Cc1c(C)c2ccc(OCC(=O)OC(C)C)c(C)c2oc1=O. The third kappa shape index (κ3) is 4.22. The van der Waals surface area contributed by atoms with Gasteiger partial charge in [-0.25, -0.2) is 9.59 Å². The normalized spacial score (nSPS) is 10.8. The van der Waals surface area contributed by atoms with Crippen molar-refractivity contribution < 1.29 is 28.2 Å². The first-order chi connectivity index (χ1) is 12.2. The van der Waals surface area contributed by atoms with Crippen molar-refractivity contribution in [2.75, 3.05) is 13.7 Å². The zero-order valence-corrected chi connectivity index (χ0v) is 15.5. The topological polar surface area (TPSA) is 92.0 Å². The molecule has 0 saturated carbocycles. The zero-order valence-electron chi connectivity index (χ0n) is 15.5. The van der Waals surface area contributed by atoms with Crippen LogP contribution in [0.1, 0.15) is 30.5 Å². The van der Waals surface area contributed by atoms with Crippen LogP contribution < -0.4 is 10.4 Å². The number of rotatable bonds is 6. The molecule has 140 valence electrons. The third-order valence-corrected chi connectivity index (χ3v) is 3.92. The fourth-order valence-electron chi connectivity index (χ4n) is 2.58. The summed E-state index contributed by atoms with van der Waals surface area (Å²) in [6.45, 7) is 6.74. The van der Waals surface area contributed by atoms with E-state index in [1.807, 2.05) is 0 Å². The second-order valence-electron chi connectivity index (χ2n) is 6.14. The quantitative estimate of drug-likeness (QED) is 0.576. The summed E-state index contributed by atoms with van der Waals surface area (Å²) in [6.07, 6.45) is -0.378. The maximum atomic E-state index is 12.3. The summed E-state index contributed by atoms with van der Waals surface area (Å²) in [5.41, 5.74) is 1.26. The van der Waals surface area contributed by atoms with Crippen LogP contribution in [-0.4, -0.2) is 31.8 Å². The largest absolute Gasteiger partial charge is 0.481 e. The Morgan fingerprint density at radius 1 is 1.12 bits per heavy atom. The Kier molecular flexibility index (Phi) is 6.02. The Balaban J connectivity index is 2.37. The molecule has 0 radical (unpaired) electrons. The standard InChI is InChI=1S/C19H22O7/c1-10(2)25-17(21)9-24-15-7-6-13-11(3)14(8-16(20)23-5)19(22)26-18(13)12(15)4/h6-7,10H,8-9H2,1-5H3. The van der Waals surface area contributed by atoms with Crippen molar-refractivity contribution in [2.24, 2.45) is 0 Å². The van der Waals surface area contributed by atoms with Gasteiger partial charge in [-0.15, -0.1) is 0 Å². The third-order valence-electron chi connectivity index (χ3n) is 3.92. The van der Waals surface area contributed by atoms with Crippen LogP contribution in [0, 0.1) is 13.8 Å². The van der Waals surface area contributed by atoms with Crippen molar-refractivity contribution in [3.63, 3.8) is 0 Å². The van der Waals surface area contributed by atoms with E-state index in [9.17, 15) is 14.4 Å². The van der Waals surface area contributed by atoms with Gasteiger partial charge < -0.3 is 18.6 Å². The van der Waals surface area contributed by atoms with Gasteiger partial charge in [0.05, 0.1) is 25.2 Å². The fraction of sp³-hybridized carbons (Fsp3) is 0.421. The van der Waals surface area contributed by atoms with E-state index in [0.717, 1.165) is 0 Å². The number of esters is 2. The van der Waals surface area contributed by atoms with Crippen LogP contribution in [0.25, 0.3) is 11.0 Å². The highest BCUT2D eigenvalue weighted by Gasteiger charge is 2.18. The molecule has 0 fully saturated rings. The monoisotopic (exact) mass is 362 g/mol. The number of hydrogen-bond acceptors (Lipinski definition) is 7. The smallest absolute Gasteiger partial charge is 0.344 e. The Morgan fingerprint density at radius 3 is 2.42 bits per heavy atom. The van der Waals surface area contributed by atoms with Crippen LogP contribution in [0.5, 0.6) is 5.75 Å². The van der Waals surface area contributed by atoms with E-state index in [-0.39, 0.29) is 24.7 Å². The summed E-state index contributed by atoms with van der Waals surface area (Å²) in [6, 6.07) is 3.42. The number of methoxy groups -OCH3 is 1. The fourth-order valence-corrected chi connectivity index (χ4v) is 2.58. The maximum Gasteiger partial charge on any atom is 0.344 e. The Hall–Kier alpha value is -2.83. The maximum absolute atomic E-state index is 12.3. The van der Waals surface area contributed by atoms with Gasteiger partial charge >= 0.3 is 17.6 Å². The molecule has 7 heteroatoms. The highest BCUT2D eigenvalue weighted by Crippen LogP contribution is 2.29. The summed E-state index contributed by atoms with van der Waals surface area (Å²) >= 11 is 0. The lowest BCUT2D eigenvalue weighted by atomic mass is 10.0. The minimum atomic E-state index is -0.597. The van der Waals surface area contributed by atoms with Crippen molar-refractivity contribution in [1.29, 1.82) is 0 Å². The Morgan fingerprint density at radius 2 is 1.81 bits per heavy atom. The van der Waals surface area contributed by atoms with Gasteiger partial charge in [0.2, 0.25) is 0 Å². The van der Waals surface area contributed by atoms with Crippen LogP contribution in [0.2, 0.25) is 0 Å². The second kappa shape index (κ2) is 8.03. The molecule has 0 unspecified atom stereocenters. The molecule has 0 aliphatic carbocycles. The molecule has 7 nitrogen and oxygen atoms in total. The predicted molar refractivity (Wildman–Crippen MR) is 94.4 cm³/mol. The average molecular weight is 362 g/mol. The van der Waals surface area contributed by atoms with Gasteiger partial charge in [0.1, 0.15) is 11.3 Å². The summed E-state index contributed by atoms with van der Waals surface area (Å²) in [5, 5.41) is 0.693. The van der Waals surface area contributed by atoms with Crippen molar-refractivity contribution in [2.45, 2.75) is 40.2 Å². The molecule has 0 atom stereocenters. The van der Waals surface area contributed by atoms with Crippen LogP contribution in [0.3, 0.4) is 0 Å². The van der Waals surface area contributed by atoms with E-state index in [1.54, 1.807) is 39.8 Å². The minimum absolute atomic E-state index is 0.154. The number of fused-ring (bicyclic) bond motifs is 1. The predicted octanol–water partition coefficient (Wildman–Crippen LogP) is 2.46. The lowest BCUT2D eigenvalue weighted by molar-refractivity contribution is -0.149. The van der Waals surface area contributed by atoms with Crippen LogP contribution in [0.15, 0.2) is 21.3 Å². The molecule has 0 spiro atoms. The first kappa shape index (κ1) is 19.5. The van der Waals surface area contributed by atoms with E-state index in [1.165, 1.54) is 7.11 Å². The van der Waals surface area contributed by atoms with Crippen molar-refractivity contribution in [3.05, 3.63) is 39.2 Å². The van der Waals surface area contributed by atoms with E-state index < -0.39 is 17.6 Å². The Labute approximate surface area is 150 Å². The summed E-state index contributed by atoms with van der Waals surface area (Å²) < 4.78 is 20.5. The molecule has 0 aliphatic heterocycles. The molecule has 1 heterocycles. The minimum Gasteiger partial charge on any atom is -0.481 e. The number of carbonyl (C=O) groups is 2. The van der Waals surface area contributed by atoms with Gasteiger partial charge in [-0.05, 0) is 45.4 Å². The summed E-state index contributed by atoms with van der Waals surface area (Å²) in [4.78, 5) is 35.4. The molecular weight excluding hydrogens is 340 g/mol. The van der Waals surface area contributed by atoms with Gasteiger partial charge in [-0.1, -0.05) is 0 Å². The molecule has 0 bridgehead atoms. The highest BCUT2D eigenvalue weighted by molar-refractivity contribution is 5.87. The first-order valence-corrected chi connectivity index (χ1v) is 8.19. The van der Waals surface area contributed by atoms with Gasteiger partial charge in [0.15, 0.2) is 6.61 Å².